The summed E-state index contributed by atoms with van der Waals surface area (Å²) >= 11 is 13.1. The number of hydrogen-bond donors (Lipinski definition) is 2. The lowest BCUT2D eigenvalue weighted by Crippen LogP contribution is -2.20. The fourth-order valence-corrected chi connectivity index (χ4v) is 4.58. The van der Waals surface area contributed by atoms with E-state index in [0.29, 0.717) is 33.1 Å². The lowest BCUT2D eigenvalue weighted by atomic mass is 10.1. The van der Waals surface area contributed by atoms with E-state index in [0.717, 1.165) is 16.0 Å². The lowest BCUT2D eigenvalue weighted by molar-refractivity contribution is 0.0602. The van der Waals surface area contributed by atoms with Crippen LogP contribution in [0.2, 0.25) is 5.02 Å². The van der Waals surface area contributed by atoms with Crippen LogP contribution in [0.1, 0.15) is 15.9 Å². The van der Waals surface area contributed by atoms with Crippen LogP contribution >= 0.6 is 35.2 Å². The molecule has 0 fully saturated rings. The quantitative estimate of drug-likeness (QED) is 0.263. The van der Waals surface area contributed by atoms with Gasteiger partial charge in [-0.15, -0.1) is 11.3 Å². The second-order valence-corrected chi connectivity index (χ2v) is 8.65. The molecule has 2 aromatic heterocycles. The molecule has 2 heterocycles. The van der Waals surface area contributed by atoms with E-state index in [1.165, 1.54) is 18.4 Å². The molecule has 0 saturated heterocycles. The average Bonchev–Trinajstić information content (AvgIpc) is 3.42. The predicted molar refractivity (Wildman–Crippen MR) is 134 cm³/mol. The number of carbonyl (C=O) groups excluding carboxylic acids is 1. The van der Waals surface area contributed by atoms with E-state index >= 15 is 0 Å². The highest BCUT2D eigenvalue weighted by molar-refractivity contribution is 7.80. The molecule has 0 spiro atoms. The van der Waals surface area contributed by atoms with E-state index in [1.54, 1.807) is 10.7 Å². The Morgan fingerprint density at radius 1 is 1.12 bits per heavy atom. The molecule has 32 heavy (non-hydrogen) atoms. The van der Waals surface area contributed by atoms with Crippen molar-refractivity contribution in [3.8, 4) is 10.4 Å². The van der Waals surface area contributed by atoms with Gasteiger partial charge in [0.25, 0.3) is 0 Å². The van der Waals surface area contributed by atoms with Gasteiger partial charge in [0.2, 0.25) is 0 Å². The van der Waals surface area contributed by atoms with Gasteiger partial charge >= 0.3 is 5.97 Å². The maximum absolute atomic E-state index is 12.3. The minimum Gasteiger partial charge on any atom is -0.465 e. The van der Waals surface area contributed by atoms with E-state index in [4.69, 9.17) is 28.6 Å². The van der Waals surface area contributed by atoms with Crippen LogP contribution in [0.3, 0.4) is 0 Å². The first kappa shape index (κ1) is 22.0. The van der Waals surface area contributed by atoms with E-state index in [9.17, 15) is 4.79 Å². The second kappa shape index (κ2) is 9.95. The molecular weight excluding hydrogens is 464 g/mol. The lowest BCUT2D eigenvalue weighted by Gasteiger charge is -2.08. The summed E-state index contributed by atoms with van der Waals surface area (Å²) in [5, 5.41) is 12.3. The van der Waals surface area contributed by atoms with E-state index in [1.807, 2.05) is 66.9 Å². The molecule has 9 heteroatoms. The average molecular weight is 483 g/mol. The first-order valence-corrected chi connectivity index (χ1v) is 11.3. The normalized spacial score (nSPS) is 10.6. The third kappa shape index (κ3) is 5.16. The largest absolute Gasteiger partial charge is 0.465 e. The van der Waals surface area contributed by atoms with Crippen molar-refractivity contribution in [2.45, 2.75) is 6.54 Å². The van der Waals surface area contributed by atoms with Crippen LogP contribution in [0.5, 0.6) is 0 Å². The zero-order valence-corrected chi connectivity index (χ0v) is 19.4. The number of hydrogen-bond acceptors (Lipinski definition) is 5. The Bertz CT molecular complexity index is 1250. The number of thiocarbonyl (C=S) groups is 1. The van der Waals surface area contributed by atoms with Crippen LogP contribution in [0, 0.1) is 0 Å². The maximum atomic E-state index is 12.3. The van der Waals surface area contributed by atoms with Gasteiger partial charge in [0.05, 0.1) is 19.2 Å². The fraction of sp³-hybridized carbons (Fsp3) is 0.0870. The van der Waals surface area contributed by atoms with Crippen LogP contribution in [0.15, 0.2) is 72.9 Å². The van der Waals surface area contributed by atoms with Gasteiger partial charge in [0.15, 0.2) is 10.9 Å². The van der Waals surface area contributed by atoms with Crippen molar-refractivity contribution < 1.29 is 9.53 Å². The summed E-state index contributed by atoms with van der Waals surface area (Å²) in [6, 6.07) is 21.1. The molecule has 0 saturated carbocycles. The van der Waals surface area contributed by atoms with Gasteiger partial charge in [0, 0.05) is 22.2 Å². The van der Waals surface area contributed by atoms with Crippen molar-refractivity contribution >= 4 is 57.1 Å². The van der Waals surface area contributed by atoms with Gasteiger partial charge < -0.3 is 15.4 Å². The van der Waals surface area contributed by atoms with E-state index < -0.39 is 5.97 Å². The van der Waals surface area contributed by atoms with E-state index in [-0.39, 0.29) is 0 Å². The van der Waals surface area contributed by atoms with Gasteiger partial charge in [-0.2, -0.15) is 5.10 Å². The molecule has 0 radical (unpaired) electrons. The summed E-state index contributed by atoms with van der Waals surface area (Å²) in [4.78, 5) is 13.2. The minimum absolute atomic E-state index is 0.319. The summed E-state index contributed by atoms with van der Waals surface area (Å²) in [5.74, 6) is 0.145. The second-order valence-electron chi connectivity index (χ2n) is 6.78. The predicted octanol–water partition coefficient (Wildman–Crippen LogP) is 5.91. The van der Waals surface area contributed by atoms with E-state index in [2.05, 4.69) is 15.7 Å². The summed E-state index contributed by atoms with van der Waals surface area (Å²) in [6.07, 6.45) is 1.84. The Kier molecular flexibility index (Phi) is 6.84. The molecular formula is C23H19ClN4O2S2. The Hall–Kier alpha value is -3.20. The Morgan fingerprint density at radius 3 is 2.62 bits per heavy atom. The van der Waals surface area contributed by atoms with Gasteiger partial charge in [0.1, 0.15) is 5.00 Å². The third-order valence-electron chi connectivity index (χ3n) is 4.60. The number of carbonyl (C=O) groups is 1. The topological polar surface area (TPSA) is 68.2 Å². The van der Waals surface area contributed by atoms with Crippen molar-refractivity contribution in [3.05, 3.63) is 89.1 Å². The first-order chi connectivity index (χ1) is 15.5. The number of rotatable bonds is 6. The van der Waals surface area contributed by atoms with Gasteiger partial charge in [-0.1, -0.05) is 60.1 Å². The van der Waals surface area contributed by atoms with Crippen LogP contribution in [0.25, 0.3) is 10.4 Å². The monoisotopic (exact) mass is 482 g/mol. The molecule has 4 aromatic rings. The van der Waals surface area contributed by atoms with Crippen molar-refractivity contribution in [1.82, 2.24) is 9.78 Å². The zero-order chi connectivity index (χ0) is 22.5. The number of benzene rings is 2. The van der Waals surface area contributed by atoms with Gasteiger partial charge in [-0.25, -0.2) is 4.79 Å². The molecule has 0 amide bonds. The number of ether oxygens (including phenoxy) is 1. The highest BCUT2D eigenvalue weighted by atomic mass is 35.5. The number of nitrogens with zero attached hydrogens (tertiary/aromatic N) is 2. The summed E-state index contributed by atoms with van der Waals surface area (Å²) < 4.78 is 6.70. The number of esters is 1. The number of aromatic nitrogens is 2. The van der Waals surface area contributed by atoms with Crippen molar-refractivity contribution in [2.24, 2.45) is 0 Å². The van der Waals surface area contributed by atoms with Crippen LogP contribution in [0.4, 0.5) is 10.8 Å². The Morgan fingerprint density at radius 2 is 1.88 bits per heavy atom. The summed E-state index contributed by atoms with van der Waals surface area (Å²) in [6.45, 7) is 0.541. The highest BCUT2D eigenvalue weighted by Crippen LogP contribution is 2.36. The molecule has 4 rings (SSSR count). The standard InChI is InChI=1S/C23H19ClN4O2S2/c1-30-22(29)17-13-19(15-7-3-2-4-8-15)32-21(17)26-23(31)25-20-11-12-28(27-20)14-16-9-5-6-10-18(16)24/h2-13H,14H2,1H3,(H2,25,26,27,31). The van der Waals surface area contributed by atoms with Crippen molar-refractivity contribution in [2.75, 3.05) is 17.7 Å². The molecule has 0 bridgehead atoms. The molecule has 6 nitrogen and oxygen atoms in total. The third-order valence-corrected chi connectivity index (χ3v) is 6.27. The Balaban J connectivity index is 1.47. The smallest absolute Gasteiger partial charge is 0.340 e. The van der Waals surface area contributed by atoms with Crippen LogP contribution in [-0.4, -0.2) is 28.0 Å². The first-order valence-electron chi connectivity index (χ1n) is 9.66. The summed E-state index contributed by atoms with van der Waals surface area (Å²) in [5.41, 5.74) is 2.40. The minimum atomic E-state index is -0.433. The molecule has 0 atom stereocenters. The number of anilines is 2. The number of halogens is 1. The molecule has 0 aliphatic carbocycles. The molecule has 0 unspecified atom stereocenters. The summed E-state index contributed by atoms with van der Waals surface area (Å²) in [7, 11) is 1.36. The SMILES string of the molecule is COC(=O)c1cc(-c2ccccc2)sc1NC(=S)Nc1ccn(Cc2ccccc2Cl)n1. The fourth-order valence-electron chi connectivity index (χ4n) is 3.06. The van der Waals surface area contributed by atoms with Gasteiger partial charge in [-0.3, -0.25) is 4.68 Å². The van der Waals surface area contributed by atoms with Crippen LogP contribution < -0.4 is 10.6 Å². The number of thiophene rings is 1. The number of methoxy groups -OCH3 is 1. The molecule has 2 N–H and O–H groups in total. The maximum Gasteiger partial charge on any atom is 0.340 e. The highest BCUT2D eigenvalue weighted by Gasteiger charge is 2.18. The number of nitrogens with one attached hydrogen (secondary N) is 2. The molecule has 162 valence electrons. The van der Waals surface area contributed by atoms with Gasteiger partial charge in [-0.05, 0) is 35.5 Å². The van der Waals surface area contributed by atoms with Crippen molar-refractivity contribution in [1.29, 1.82) is 0 Å². The Labute approximate surface area is 199 Å². The van der Waals surface area contributed by atoms with Crippen LogP contribution in [-0.2, 0) is 11.3 Å². The zero-order valence-electron chi connectivity index (χ0n) is 17.0. The molecule has 0 aliphatic rings. The van der Waals surface area contributed by atoms with Crippen molar-refractivity contribution in [3.63, 3.8) is 0 Å². The molecule has 2 aromatic carbocycles. The molecule has 0 aliphatic heterocycles.